The summed E-state index contributed by atoms with van der Waals surface area (Å²) in [6.45, 7) is 1.76. The van der Waals surface area contributed by atoms with Gasteiger partial charge < -0.3 is 0 Å². The maximum atomic E-state index is 12.6. The molecule has 7 nitrogen and oxygen atoms in total. The van der Waals surface area contributed by atoms with Gasteiger partial charge in [-0.15, -0.1) is 15.3 Å². The molecule has 0 aliphatic rings. The molecule has 0 saturated carbocycles. The Balaban J connectivity index is 2.03. The Morgan fingerprint density at radius 3 is 2.64 bits per heavy atom. The van der Waals surface area contributed by atoms with Crippen molar-refractivity contribution in [3.05, 3.63) is 57.7 Å². The average Bonchev–Trinajstić information content (AvgIpc) is 2.89. The van der Waals surface area contributed by atoms with Crippen LogP contribution in [0.4, 0.5) is 0 Å². The normalized spacial score (nSPS) is 11.4. The van der Waals surface area contributed by atoms with Gasteiger partial charge in [-0.05, 0) is 37.3 Å². The Morgan fingerprint density at radius 1 is 1.09 bits per heavy atom. The highest BCUT2D eigenvalue weighted by atomic mass is 35.5. The van der Waals surface area contributed by atoms with Crippen LogP contribution in [0.2, 0.25) is 5.02 Å². The number of rotatable bonds is 1. The third kappa shape index (κ3) is 1.86. The Bertz CT molecular complexity index is 1070. The zero-order valence-corrected chi connectivity index (χ0v) is 12.2. The van der Waals surface area contributed by atoms with E-state index in [-0.39, 0.29) is 11.1 Å². The number of fused-ring (bicyclic) bond motifs is 3. The molecule has 0 fully saturated rings. The summed E-state index contributed by atoms with van der Waals surface area (Å²) in [5.41, 5.74) is 1.23. The van der Waals surface area contributed by atoms with Crippen LogP contribution < -0.4 is 5.56 Å². The van der Waals surface area contributed by atoms with Crippen LogP contribution in [0.3, 0.4) is 0 Å². The molecule has 4 rings (SSSR count). The van der Waals surface area contributed by atoms with Crippen LogP contribution in [0.15, 0.2) is 41.3 Å². The molecule has 0 spiro atoms. The smallest absolute Gasteiger partial charge is 0.282 e. The number of benzene rings is 1. The van der Waals surface area contributed by atoms with Gasteiger partial charge in [-0.1, -0.05) is 11.6 Å². The molecule has 0 aliphatic carbocycles. The van der Waals surface area contributed by atoms with E-state index < -0.39 is 0 Å². The highest BCUT2D eigenvalue weighted by Crippen LogP contribution is 2.14. The van der Waals surface area contributed by atoms with Crippen LogP contribution >= 0.6 is 11.6 Å². The molecule has 4 aromatic rings. The molecule has 22 heavy (non-hydrogen) atoms. The second kappa shape index (κ2) is 4.60. The summed E-state index contributed by atoms with van der Waals surface area (Å²) in [7, 11) is 0. The lowest BCUT2D eigenvalue weighted by Crippen LogP contribution is -2.20. The summed E-state index contributed by atoms with van der Waals surface area (Å²) in [4.78, 5) is 16.8. The van der Waals surface area contributed by atoms with Gasteiger partial charge >= 0.3 is 0 Å². The molecule has 0 aliphatic heterocycles. The number of aromatic nitrogens is 6. The molecule has 0 N–H and O–H groups in total. The van der Waals surface area contributed by atoms with Gasteiger partial charge in [-0.25, -0.2) is 0 Å². The number of hydrogen-bond acceptors (Lipinski definition) is 5. The summed E-state index contributed by atoms with van der Waals surface area (Å²) in [5, 5.41) is 12.8. The van der Waals surface area contributed by atoms with E-state index in [9.17, 15) is 4.79 Å². The maximum absolute atomic E-state index is 12.6. The van der Waals surface area contributed by atoms with Crippen molar-refractivity contribution in [1.82, 2.24) is 29.4 Å². The van der Waals surface area contributed by atoms with Gasteiger partial charge in [-0.3, -0.25) is 9.36 Å². The minimum absolute atomic E-state index is 0.231. The summed E-state index contributed by atoms with van der Waals surface area (Å²) < 4.78 is 3.01. The summed E-state index contributed by atoms with van der Waals surface area (Å²) in [5.74, 6) is 0.942. The highest BCUT2D eigenvalue weighted by molar-refractivity contribution is 6.30. The molecule has 3 aromatic heterocycles. The summed E-state index contributed by atoms with van der Waals surface area (Å²) in [6, 6.07) is 8.75. The second-order valence-corrected chi connectivity index (χ2v) is 5.21. The Morgan fingerprint density at radius 2 is 1.86 bits per heavy atom. The Labute approximate surface area is 128 Å². The first-order chi connectivity index (χ1) is 10.6. The fourth-order valence-corrected chi connectivity index (χ4v) is 2.44. The molecule has 0 bridgehead atoms. The van der Waals surface area contributed by atoms with E-state index >= 15 is 0 Å². The topological polar surface area (TPSA) is 78.0 Å². The number of aryl methyl sites for hydroxylation is 1. The predicted octanol–water partition coefficient (Wildman–Crippen LogP) is 1.79. The molecular weight excluding hydrogens is 304 g/mol. The van der Waals surface area contributed by atoms with Crippen molar-refractivity contribution in [3.63, 3.8) is 0 Å². The van der Waals surface area contributed by atoms with E-state index in [1.165, 1.54) is 9.08 Å². The SMILES string of the molecule is Cc1nc2nnc3c(=O)n(-c4ccc(Cl)cc4)ccc3n2n1. The first kappa shape index (κ1) is 12.9. The third-order valence-electron chi connectivity index (χ3n) is 3.31. The van der Waals surface area contributed by atoms with Gasteiger partial charge in [0.05, 0.1) is 0 Å². The van der Waals surface area contributed by atoms with E-state index in [1.54, 1.807) is 43.5 Å². The predicted molar refractivity (Wildman–Crippen MR) is 81.4 cm³/mol. The van der Waals surface area contributed by atoms with Crippen LogP contribution in [0.1, 0.15) is 5.82 Å². The van der Waals surface area contributed by atoms with Crippen LogP contribution in [-0.2, 0) is 0 Å². The molecule has 108 valence electrons. The Kier molecular flexibility index (Phi) is 2.70. The highest BCUT2D eigenvalue weighted by Gasteiger charge is 2.12. The molecule has 0 radical (unpaired) electrons. The Hall–Kier alpha value is -2.80. The molecule has 0 saturated heterocycles. The van der Waals surface area contributed by atoms with Crippen LogP contribution in [-0.4, -0.2) is 29.4 Å². The van der Waals surface area contributed by atoms with Gasteiger partial charge in [-0.2, -0.15) is 9.50 Å². The fraction of sp³-hybridized carbons (Fsp3) is 0.0714. The van der Waals surface area contributed by atoms with Crippen molar-refractivity contribution < 1.29 is 0 Å². The van der Waals surface area contributed by atoms with Crippen molar-refractivity contribution in [3.8, 4) is 5.69 Å². The zero-order chi connectivity index (χ0) is 15.3. The van der Waals surface area contributed by atoms with E-state index in [0.29, 0.717) is 27.8 Å². The molecule has 1 aromatic carbocycles. The van der Waals surface area contributed by atoms with Crippen molar-refractivity contribution in [2.45, 2.75) is 6.92 Å². The van der Waals surface area contributed by atoms with Crippen molar-refractivity contribution >= 4 is 28.4 Å². The van der Waals surface area contributed by atoms with Crippen LogP contribution in [0.5, 0.6) is 0 Å². The van der Waals surface area contributed by atoms with Crippen LogP contribution in [0, 0.1) is 6.92 Å². The van der Waals surface area contributed by atoms with E-state index in [4.69, 9.17) is 11.6 Å². The maximum Gasteiger partial charge on any atom is 0.285 e. The van der Waals surface area contributed by atoms with Gasteiger partial charge in [0, 0.05) is 16.9 Å². The molecule has 0 atom stereocenters. The molecular formula is C14H9ClN6O. The summed E-state index contributed by atoms with van der Waals surface area (Å²) >= 11 is 5.87. The molecule has 0 unspecified atom stereocenters. The number of hydrogen-bond donors (Lipinski definition) is 0. The van der Waals surface area contributed by atoms with Crippen molar-refractivity contribution in [2.24, 2.45) is 0 Å². The molecule has 3 heterocycles. The average molecular weight is 313 g/mol. The number of pyridine rings is 1. The minimum Gasteiger partial charge on any atom is -0.282 e. The lowest BCUT2D eigenvalue weighted by Gasteiger charge is -2.06. The van der Waals surface area contributed by atoms with E-state index in [2.05, 4.69) is 20.3 Å². The quantitative estimate of drug-likeness (QED) is 0.535. The van der Waals surface area contributed by atoms with Gasteiger partial charge in [0.1, 0.15) is 11.3 Å². The second-order valence-electron chi connectivity index (χ2n) is 4.77. The van der Waals surface area contributed by atoms with Gasteiger partial charge in [0.2, 0.25) is 0 Å². The molecule has 0 amide bonds. The third-order valence-corrected chi connectivity index (χ3v) is 3.57. The van der Waals surface area contributed by atoms with Crippen molar-refractivity contribution in [1.29, 1.82) is 0 Å². The fourth-order valence-electron chi connectivity index (χ4n) is 2.31. The number of halogens is 1. The van der Waals surface area contributed by atoms with Gasteiger partial charge in [0.15, 0.2) is 5.52 Å². The zero-order valence-electron chi connectivity index (χ0n) is 11.4. The first-order valence-corrected chi connectivity index (χ1v) is 6.89. The lowest BCUT2D eigenvalue weighted by atomic mass is 10.3. The van der Waals surface area contributed by atoms with Crippen molar-refractivity contribution in [2.75, 3.05) is 0 Å². The van der Waals surface area contributed by atoms with Gasteiger partial charge in [0.25, 0.3) is 11.3 Å². The van der Waals surface area contributed by atoms with E-state index in [0.717, 1.165) is 0 Å². The monoisotopic (exact) mass is 312 g/mol. The van der Waals surface area contributed by atoms with E-state index in [1.807, 2.05) is 0 Å². The lowest BCUT2D eigenvalue weighted by molar-refractivity contribution is 0.905. The van der Waals surface area contributed by atoms with Crippen LogP contribution in [0.25, 0.3) is 22.5 Å². The molecule has 8 heteroatoms. The summed E-state index contributed by atoms with van der Waals surface area (Å²) in [6.07, 6.45) is 1.67. The standard InChI is InChI=1S/C14H9ClN6O/c1-8-16-14-18-17-12-11(21(14)19-8)6-7-20(13(12)22)10-4-2-9(15)3-5-10/h2-7H,1H3. The minimum atomic E-state index is -0.276. The largest absolute Gasteiger partial charge is 0.285 e. The number of nitrogens with zero attached hydrogens (tertiary/aromatic N) is 6. The first-order valence-electron chi connectivity index (χ1n) is 6.51.